The molecule has 1 saturated carbocycles. The molecule has 6 heteroatoms. The predicted octanol–water partition coefficient (Wildman–Crippen LogP) is 3.98. The highest BCUT2D eigenvalue weighted by molar-refractivity contribution is 5.22. The molecule has 1 aromatic heterocycles. The molecule has 1 aliphatic carbocycles. The molecule has 6 nitrogen and oxygen atoms in total. The topological polar surface area (TPSA) is 59.0 Å². The number of hydrogen-bond donors (Lipinski definition) is 0. The van der Waals surface area contributed by atoms with Crippen molar-refractivity contribution in [1.29, 1.82) is 0 Å². The van der Waals surface area contributed by atoms with Crippen LogP contribution in [0.15, 0.2) is 18.3 Å². The smallest absolute Gasteiger partial charge is 0.205 e. The first-order valence-corrected chi connectivity index (χ1v) is 10.2. The van der Waals surface area contributed by atoms with Gasteiger partial charge in [0.1, 0.15) is 5.75 Å². The molecule has 0 amide bonds. The summed E-state index contributed by atoms with van der Waals surface area (Å²) >= 11 is 0. The van der Waals surface area contributed by atoms with Crippen LogP contribution in [0, 0.1) is 30.6 Å². The number of rotatable bonds is 2. The maximum Gasteiger partial charge on any atom is 0.205 e. The summed E-state index contributed by atoms with van der Waals surface area (Å²) < 4.78 is 19.0. The highest BCUT2D eigenvalue weighted by atomic mass is 17.3. The molecule has 0 unspecified atom stereocenters. The van der Waals surface area contributed by atoms with E-state index in [4.69, 9.17) is 24.0 Å². The van der Waals surface area contributed by atoms with Crippen molar-refractivity contribution in [3.63, 3.8) is 0 Å². The highest BCUT2D eigenvalue weighted by Gasteiger charge is 2.69. The standard InChI is InChI=1S/C21H29NO5/c1-12-5-6-17-14(3)18(23-15-8-10-22-13(2)11-15)24-19-21(17)16(12)7-9-20(4,25-19)26-27-21/h8,10-12,14,16-19H,5-7,9H2,1-4H3/t12-,14-,16+,17+,18+,19-,20-,21-/m1/s1. The van der Waals surface area contributed by atoms with Crippen molar-refractivity contribution in [3.8, 4) is 5.75 Å². The SMILES string of the molecule is Cc1cc(O[C@H]2O[C@@H]3O[C@@]4(C)CC[C@H]5[C@H](C)CC[C@@H]([C@H]2C)[C@@]35OO4)ccn1. The van der Waals surface area contributed by atoms with Gasteiger partial charge in [0.15, 0.2) is 11.9 Å². The van der Waals surface area contributed by atoms with Gasteiger partial charge in [0, 0.05) is 36.2 Å². The normalized spacial score (nSPS) is 48.6. The van der Waals surface area contributed by atoms with Gasteiger partial charge in [0.2, 0.25) is 12.1 Å². The Balaban J connectivity index is 1.49. The van der Waals surface area contributed by atoms with Crippen molar-refractivity contribution < 1.29 is 24.0 Å². The number of aryl methyl sites for hydroxylation is 1. The Kier molecular flexibility index (Phi) is 4.06. The van der Waals surface area contributed by atoms with Crippen LogP contribution in [0.2, 0.25) is 0 Å². The molecule has 0 aromatic carbocycles. The Morgan fingerprint density at radius 3 is 2.81 bits per heavy atom. The van der Waals surface area contributed by atoms with E-state index in [1.807, 2.05) is 26.0 Å². The van der Waals surface area contributed by atoms with E-state index >= 15 is 0 Å². The molecule has 1 aromatic rings. The molecule has 0 N–H and O–H groups in total. The van der Waals surface area contributed by atoms with E-state index in [-0.39, 0.29) is 18.1 Å². The lowest BCUT2D eigenvalue weighted by Gasteiger charge is -2.60. The second-order valence-corrected chi connectivity index (χ2v) is 9.02. The van der Waals surface area contributed by atoms with Crippen LogP contribution in [-0.4, -0.2) is 29.0 Å². The Morgan fingerprint density at radius 1 is 1.15 bits per heavy atom. The molecule has 2 bridgehead atoms. The molecular formula is C21H29NO5. The second-order valence-electron chi connectivity index (χ2n) is 9.02. The van der Waals surface area contributed by atoms with Gasteiger partial charge in [0.05, 0.1) is 0 Å². The molecule has 5 fully saturated rings. The monoisotopic (exact) mass is 375 g/mol. The molecular weight excluding hydrogens is 346 g/mol. The Hall–Kier alpha value is -1.21. The average molecular weight is 375 g/mol. The van der Waals surface area contributed by atoms with Gasteiger partial charge in [-0.15, -0.1) is 0 Å². The first-order valence-electron chi connectivity index (χ1n) is 10.2. The first kappa shape index (κ1) is 17.9. The van der Waals surface area contributed by atoms with Crippen LogP contribution in [-0.2, 0) is 19.2 Å². The maximum absolute atomic E-state index is 6.43. The minimum absolute atomic E-state index is 0.166. The van der Waals surface area contributed by atoms with Crippen LogP contribution < -0.4 is 4.74 Å². The van der Waals surface area contributed by atoms with Crippen LogP contribution in [0.3, 0.4) is 0 Å². The van der Waals surface area contributed by atoms with E-state index in [2.05, 4.69) is 18.8 Å². The molecule has 5 heterocycles. The lowest BCUT2D eigenvalue weighted by molar-refractivity contribution is -0.575. The highest BCUT2D eigenvalue weighted by Crippen LogP contribution is 2.60. The van der Waals surface area contributed by atoms with Gasteiger partial charge >= 0.3 is 0 Å². The minimum atomic E-state index is -0.754. The second kappa shape index (κ2) is 6.14. The van der Waals surface area contributed by atoms with E-state index in [0.717, 1.165) is 30.7 Å². The Labute approximate surface area is 160 Å². The summed E-state index contributed by atoms with van der Waals surface area (Å²) in [4.78, 5) is 16.3. The van der Waals surface area contributed by atoms with E-state index in [0.29, 0.717) is 11.8 Å². The zero-order valence-corrected chi connectivity index (χ0v) is 16.5. The number of ether oxygens (including phenoxy) is 3. The van der Waals surface area contributed by atoms with Gasteiger partial charge in [-0.1, -0.05) is 13.8 Å². The fourth-order valence-electron chi connectivity index (χ4n) is 5.73. The number of aromatic nitrogens is 1. The van der Waals surface area contributed by atoms with Crippen LogP contribution >= 0.6 is 0 Å². The number of hydrogen-bond acceptors (Lipinski definition) is 6. The van der Waals surface area contributed by atoms with Gasteiger partial charge in [0.25, 0.3) is 0 Å². The molecule has 0 radical (unpaired) electrons. The van der Waals surface area contributed by atoms with Gasteiger partial charge < -0.3 is 14.2 Å². The quantitative estimate of drug-likeness (QED) is 0.729. The van der Waals surface area contributed by atoms with Crippen LogP contribution in [0.25, 0.3) is 0 Å². The molecule has 148 valence electrons. The van der Waals surface area contributed by atoms with Crippen LogP contribution in [0.4, 0.5) is 0 Å². The van der Waals surface area contributed by atoms with Gasteiger partial charge in [-0.3, -0.25) is 4.98 Å². The van der Waals surface area contributed by atoms with E-state index < -0.39 is 17.7 Å². The van der Waals surface area contributed by atoms with Crippen molar-refractivity contribution in [1.82, 2.24) is 4.98 Å². The van der Waals surface area contributed by atoms with Crippen molar-refractivity contribution in [2.75, 3.05) is 0 Å². The van der Waals surface area contributed by atoms with E-state index in [1.165, 1.54) is 6.42 Å². The zero-order valence-electron chi connectivity index (χ0n) is 16.5. The Morgan fingerprint density at radius 2 is 2.00 bits per heavy atom. The van der Waals surface area contributed by atoms with Gasteiger partial charge in [-0.05, 0) is 51.0 Å². The maximum atomic E-state index is 6.43. The molecule has 6 rings (SSSR count). The molecule has 4 saturated heterocycles. The van der Waals surface area contributed by atoms with Crippen LogP contribution in [0.5, 0.6) is 5.75 Å². The molecule has 8 atom stereocenters. The third-order valence-electron chi connectivity index (χ3n) is 7.22. The number of fused-ring (bicyclic) bond motifs is 2. The third-order valence-corrected chi connectivity index (χ3v) is 7.22. The van der Waals surface area contributed by atoms with Gasteiger partial charge in [-0.2, -0.15) is 0 Å². The van der Waals surface area contributed by atoms with Crippen molar-refractivity contribution >= 4 is 0 Å². The van der Waals surface area contributed by atoms with E-state index in [9.17, 15) is 0 Å². The lowest BCUT2D eigenvalue weighted by Crippen LogP contribution is -2.70. The van der Waals surface area contributed by atoms with Crippen LogP contribution in [0.1, 0.15) is 52.1 Å². The molecule has 27 heavy (non-hydrogen) atoms. The molecule has 5 aliphatic rings. The largest absolute Gasteiger partial charge is 0.464 e. The molecule has 1 spiro atoms. The fraction of sp³-hybridized carbons (Fsp3) is 0.762. The van der Waals surface area contributed by atoms with Crippen molar-refractivity contribution in [3.05, 3.63) is 24.0 Å². The van der Waals surface area contributed by atoms with Gasteiger partial charge in [-0.25, -0.2) is 9.78 Å². The number of pyridine rings is 1. The van der Waals surface area contributed by atoms with Crippen molar-refractivity contribution in [2.45, 2.75) is 77.3 Å². The van der Waals surface area contributed by atoms with Crippen molar-refractivity contribution in [2.24, 2.45) is 23.7 Å². The minimum Gasteiger partial charge on any atom is -0.464 e. The predicted molar refractivity (Wildman–Crippen MR) is 96.4 cm³/mol. The fourth-order valence-corrected chi connectivity index (χ4v) is 5.73. The first-order chi connectivity index (χ1) is 12.9. The zero-order chi connectivity index (χ0) is 18.8. The average Bonchev–Trinajstić information content (AvgIpc) is 2.86. The summed E-state index contributed by atoms with van der Waals surface area (Å²) in [6.45, 7) is 8.42. The number of nitrogens with zero attached hydrogens (tertiary/aromatic N) is 1. The summed E-state index contributed by atoms with van der Waals surface area (Å²) in [7, 11) is 0. The summed E-state index contributed by atoms with van der Waals surface area (Å²) in [5, 5.41) is 0. The Bertz CT molecular complexity index is 728. The van der Waals surface area contributed by atoms with E-state index in [1.54, 1.807) is 6.20 Å². The summed E-state index contributed by atoms with van der Waals surface area (Å²) in [5.41, 5.74) is 0.384. The summed E-state index contributed by atoms with van der Waals surface area (Å²) in [5.74, 6) is 1.39. The third kappa shape index (κ3) is 2.64. The summed E-state index contributed by atoms with van der Waals surface area (Å²) in [6, 6.07) is 3.81. The summed E-state index contributed by atoms with van der Waals surface area (Å²) in [6.07, 6.45) is 5.02. The molecule has 4 aliphatic heterocycles. The lowest BCUT2D eigenvalue weighted by atomic mass is 9.58.